The normalized spacial score (nSPS) is 10.6. The molecule has 0 radical (unpaired) electrons. The van der Waals surface area contributed by atoms with Crippen molar-refractivity contribution in [2.75, 3.05) is 0 Å². The van der Waals surface area contributed by atoms with Gasteiger partial charge in [0.15, 0.2) is 0 Å². The minimum absolute atomic E-state index is 0.0488. The molecule has 2 aromatic heterocycles. The van der Waals surface area contributed by atoms with E-state index in [1.807, 2.05) is 0 Å². The molecule has 104 valence electrons. The van der Waals surface area contributed by atoms with E-state index in [4.69, 9.17) is 5.11 Å². The molecule has 1 N–H and O–H groups in total. The van der Waals surface area contributed by atoms with Crippen molar-refractivity contribution >= 4 is 21.9 Å². The van der Waals surface area contributed by atoms with Gasteiger partial charge in [0.05, 0.1) is 22.4 Å². The number of aromatic nitrogens is 3. The molecule has 0 spiro atoms. The van der Waals surface area contributed by atoms with Crippen LogP contribution in [0.2, 0.25) is 0 Å². The largest absolute Gasteiger partial charge is 0.477 e. The monoisotopic (exact) mass is 337 g/mol. The predicted molar refractivity (Wildman–Crippen MR) is 76.0 cm³/mol. The molecular formula is C13H12BrN3O3. The fraction of sp³-hybridized carbons (Fsp3) is 0.231. The van der Waals surface area contributed by atoms with Gasteiger partial charge in [-0.2, -0.15) is 4.98 Å². The van der Waals surface area contributed by atoms with Gasteiger partial charge in [-0.1, -0.05) is 6.07 Å². The van der Waals surface area contributed by atoms with Crippen LogP contribution in [0.4, 0.5) is 0 Å². The SMILES string of the molecule is Cc1nc(=O)n(Cc2cccc(C(=O)O)n2)c(C)c1Br. The Morgan fingerprint density at radius 2 is 2.05 bits per heavy atom. The van der Waals surface area contributed by atoms with Crippen molar-refractivity contribution in [3.05, 3.63) is 55.9 Å². The highest BCUT2D eigenvalue weighted by Crippen LogP contribution is 2.17. The predicted octanol–water partition coefficient (Wildman–Crippen LogP) is 1.76. The average Bonchev–Trinajstić information content (AvgIpc) is 2.41. The third kappa shape index (κ3) is 2.77. The van der Waals surface area contributed by atoms with Gasteiger partial charge in [0.1, 0.15) is 5.69 Å². The Bertz CT molecular complexity index is 740. The second-order valence-corrected chi connectivity index (χ2v) is 5.08. The summed E-state index contributed by atoms with van der Waals surface area (Å²) in [5.41, 5.74) is 1.41. The molecule has 0 aliphatic rings. The first kappa shape index (κ1) is 14.4. The third-order valence-electron chi connectivity index (χ3n) is 2.88. The number of hydrogen-bond acceptors (Lipinski definition) is 4. The maximum Gasteiger partial charge on any atom is 0.354 e. The zero-order valence-electron chi connectivity index (χ0n) is 10.9. The number of aryl methyl sites for hydroxylation is 1. The number of carboxylic acids is 1. The molecule has 0 bridgehead atoms. The molecule has 0 fully saturated rings. The van der Waals surface area contributed by atoms with Crippen LogP contribution in [0, 0.1) is 13.8 Å². The van der Waals surface area contributed by atoms with Crippen molar-refractivity contribution in [1.82, 2.24) is 14.5 Å². The number of nitrogens with zero attached hydrogens (tertiary/aromatic N) is 3. The van der Waals surface area contributed by atoms with Crippen LogP contribution >= 0.6 is 15.9 Å². The first-order valence-electron chi connectivity index (χ1n) is 5.83. The Labute approximate surface area is 123 Å². The quantitative estimate of drug-likeness (QED) is 0.922. The fourth-order valence-corrected chi connectivity index (χ4v) is 2.11. The molecule has 0 unspecified atom stereocenters. The van der Waals surface area contributed by atoms with Gasteiger partial charge in [0.25, 0.3) is 0 Å². The summed E-state index contributed by atoms with van der Waals surface area (Å²) < 4.78 is 2.21. The van der Waals surface area contributed by atoms with Crippen LogP contribution in [0.5, 0.6) is 0 Å². The van der Waals surface area contributed by atoms with E-state index in [0.29, 0.717) is 11.4 Å². The van der Waals surface area contributed by atoms with E-state index in [-0.39, 0.29) is 17.9 Å². The van der Waals surface area contributed by atoms with Gasteiger partial charge in [-0.3, -0.25) is 4.57 Å². The minimum atomic E-state index is -1.10. The van der Waals surface area contributed by atoms with Crippen molar-refractivity contribution < 1.29 is 9.90 Å². The molecule has 6 nitrogen and oxygen atoms in total. The number of pyridine rings is 1. The zero-order valence-corrected chi connectivity index (χ0v) is 12.5. The van der Waals surface area contributed by atoms with E-state index in [2.05, 4.69) is 25.9 Å². The maximum absolute atomic E-state index is 11.9. The average molecular weight is 338 g/mol. The van der Waals surface area contributed by atoms with Crippen molar-refractivity contribution in [2.24, 2.45) is 0 Å². The van der Waals surface area contributed by atoms with Crippen LogP contribution in [0.25, 0.3) is 0 Å². The van der Waals surface area contributed by atoms with Crippen LogP contribution in [0.15, 0.2) is 27.5 Å². The molecule has 2 rings (SSSR count). The number of carbonyl (C=O) groups is 1. The smallest absolute Gasteiger partial charge is 0.354 e. The molecule has 20 heavy (non-hydrogen) atoms. The van der Waals surface area contributed by atoms with Crippen molar-refractivity contribution in [3.8, 4) is 0 Å². The summed E-state index contributed by atoms with van der Waals surface area (Å²) in [4.78, 5) is 30.7. The molecule has 7 heteroatoms. The Balaban J connectivity index is 2.45. The van der Waals surface area contributed by atoms with Gasteiger partial charge in [-0.05, 0) is 41.9 Å². The van der Waals surface area contributed by atoms with Gasteiger partial charge in [0, 0.05) is 5.69 Å². The summed E-state index contributed by atoms with van der Waals surface area (Å²) in [7, 11) is 0. The van der Waals surface area contributed by atoms with Gasteiger partial charge in [0.2, 0.25) is 0 Å². The lowest BCUT2D eigenvalue weighted by molar-refractivity contribution is 0.0690. The van der Waals surface area contributed by atoms with Crippen LogP contribution in [0.3, 0.4) is 0 Å². The van der Waals surface area contributed by atoms with Gasteiger partial charge in [-0.15, -0.1) is 0 Å². The Kier molecular flexibility index (Phi) is 3.99. The van der Waals surface area contributed by atoms with Crippen LogP contribution in [-0.4, -0.2) is 25.6 Å². The van der Waals surface area contributed by atoms with E-state index in [9.17, 15) is 9.59 Å². The minimum Gasteiger partial charge on any atom is -0.477 e. The summed E-state index contributed by atoms with van der Waals surface area (Å²) in [5.74, 6) is -1.10. The summed E-state index contributed by atoms with van der Waals surface area (Å²) in [6.07, 6.45) is 0. The summed E-state index contributed by atoms with van der Waals surface area (Å²) >= 11 is 3.38. The summed E-state index contributed by atoms with van der Waals surface area (Å²) in [5, 5.41) is 8.91. The highest BCUT2D eigenvalue weighted by molar-refractivity contribution is 9.10. The van der Waals surface area contributed by atoms with Crippen LogP contribution < -0.4 is 5.69 Å². The molecular weight excluding hydrogens is 326 g/mol. The highest BCUT2D eigenvalue weighted by atomic mass is 79.9. The van der Waals surface area contributed by atoms with Gasteiger partial charge < -0.3 is 5.11 Å². The van der Waals surface area contributed by atoms with E-state index in [0.717, 1.165) is 10.2 Å². The first-order valence-corrected chi connectivity index (χ1v) is 6.62. The van der Waals surface area contributed by atoms with Crippen LogP contribution in [0.1, 0.15) is 27.6 Å². The second-order valence-electron chi connectivity index (χ2n) is 4.28. The number of rotatable bonds is 3. The maximum atomic E-state index is 11.9. The Morgan fingerprint density at radius 1 is 1.35 bits per heavy atom. The van der Waals surface area contributed by atoms with E-state index in [1.165, 1.54) is 10.6 Å². The molecule has 0 saturated heterocycles. The molecule has 0 amide bonds. The van der Waals surface area contributed by atoms with Crippen molar-refractivity contribution in [3.63, 3.8) is 0 Å². The van der Waals surface area contributed by atoms with Crippen molar-refractivity contribution in [1.29, 1.82) is 0 Å². The highest BCUT2D eigenvalue weighted by Gasteiger charge is 2.11. The molecule has 2 heterocycles. The first-order chi connectivity index (χ1) is 9.40. The lowest BCUT2D eigenvalue weighted by Crippen LogP contribution is -2.27. The number of halogens is 1. The Hall–Kier alpha value is -2.02. The summed E-state index contributed by atoms with van der Waals surface area (Å²) in [6.45, 7) is 3.71. The van der Waals surface area contributed by atoms with Crippen LogP contribution in [-0.2, 0) is 6.54 Å². The lowest BCUT2D eigenvalue weighted by atomic mass is 10.3. The third-order valence-corrected chi connectivity index (χ3v) is 4.03. The molecule has 0 aliphatic carbocycles. The van der Waals surface area contributed by atoms with E-state index < -0.39 is 5.97 Å². The fourth-order valence-electron chi connectivity index (χ4n) is 1.81. The molecule has 0 atom stereocenters. The molecule has 0 aliphatic heterocycles. The summed E-state index contributed by atoms with van der Waals surface area (Å²) in [6, 6.07) is 4.68. The lowest BCUT2D eigenvalue weighted by Gasteiger charge is -2.11. The van der Waals surface area contributed by atoms with E-state index in [1.54, 1.807) is 26.0 Å². The van der Waals surface area contributed by atoms with Gasteiger partial charge >= 0.3 is 11.7 Å². The standard InChI is InChI=1S/C13H12BrN3O3/c1-7-11(14)8(2)17(13(20)15-7)6-9-4-3-5-10(16-9)12(18)19/h3-5H,6H2,1-2H3,(H,18,19). The molecule has 0 saturated carbocycles. The van der Waals surface area contributed by atoms with Gasteiger partial charge in [-0.25, -0.2) is 14.6 Å². The molecule has 0 aromatic carbocycles. The number of aromatic carboxylic acids is 1. The second kappa shape index (κ2) is 5.54. The number of carboxylic acid groups (broad SMARTS) is 1. The van der Waals surface area contributed by atoms with Crippen molar-refractivity contribution in [2.45, 2.75) is 20.4 Å². The Morgan fingerprint density at radius 3 is 2.70 bits per heavy atom. The molecule has 2 aromatic rings. The topological polar surface area (TPSA) is 85.1 Å². The zero-order chi connectivity index (χ0) is 14.9. The number of hydrogen-bond donors (Lipinski definition) is 1. The van der Waals surface area contributed by atoms with E-state index >= 15 is 0 Å².